The second kappa shape index (κ2) is 5.98. The lowest BCUT2D eigenvalue weighted by Gasteiger charge is -2.10. The molecular formula is C15H15N3O. The Morgan fingerprint density at radius 2 is 2.21 bits per heavy atom. The van der Waals surface area contributed by atoms with Gasteiger partial charge >= 0.3 is 0 Å². The van der Waals surface area contributed by atoms with Crippen LogP contribution in [0.1, 0.15) is 29.8 Å². The van der Waals surface area contributed by atoms with Crippen molar-refractivity contribution in [2.45, 2.75) is 19.6 Å². The Kier molecular flexibility index (Phi) is 4.11. The standard InChI is InChI=1S/C15H15N3O/c1-11(17)13-3-2-4-15(8-13)19-10-12-5-6-18-14(7-12)9-16/h2-8,11H,10,17H2,1H3. The summed E-state index contributed by atoms with van der Waals surface area (Å²) in [5.74, 6) is 0.769. The first-order valence-electron chi connectivity index (χ1n) is 6.02. The summed E-state index contributed by atoms with van der Waals surface area (Å²) < 4.78 is 5.69. The van der Waals surface area contributed by atoms with E-state index in [1.54, 1.807) is 12.3 Å². The fourth-order valence-corrected chi connectivity index (χ4v) is 1.68. The zero-order chi connectivity index (χ0) is 13.7. The molecule has 0 saturated carbocycles. The first-order chi connectivity index (χ1) is 9.19. The quantitative estimate of drug-likeness (QED) is 0.908. The van der Waals surface area contributed by atoms with Crippen LogP contribution in [0.2, 0.25) is 0 Å². The van der Waals surface area contributed by atoms with Gasteiger partial charge in [-0.15, -0.1) is 0 Å². The lowest BCUT2D eigenvalue weighted by molar-refractivity contribution is 0.305. The molecule has 2 N–H and O–H groups in total. The van der Waals surface area contributed by atoms with E-state index in [9.17, 15) is 0 Å². The maximum Gasteiger partial charge on any atom is 0.140 e. The van der Waals surface area contributed by atoms with Gasteiger partial charge in [0.2, 0.25) is 0 Å². The van der Waals surface area contributed by atoms with Crippen molar-refractivity contribution in [3.63, 3.8) is 0 Å². The Bertz CT molecular complexity index is 602. The number of pyridine rings is 1. The molecule has 2 aromatic rings. The Labute approximate surface area is 112 Å². The summed E-state index contributed by atoms with van der Waals surface area (Å²) in [5, 5.41) is 8.78. The van der Waals surface area contributed by atoms with Crippen LogP contribution in [0.5, 0.6) is 5.75 Å². The number of ether oxygens (including phenoxy) is 1. The summed E-state index contributed by atoms with van der Waals surface area (Å²) in [5.41, 5.74) is 8.17. The van der Waals surface area contributed by atoms with Crippen molar-refractivity contribution in [2.75, 3.05) is 0 Å². The van der Waals surface area contributed by atoms with Crippen molar-refractivity contribution in [3.05, 3.63) is 59.4 Å². The molecule has 1 aromatic carbocycles. The largest absolute Gasteiger partial charge is 0.489 e. The SMILES string of the molecule is CC(N)c1cccc(OCc2ccnc(C#N)c2)c1. The molecule has 2 rings (SSSR count). The number of aromatic nitrogens is 1. The van der Waals surface area contributed by atoms with E-state index < -0.39 is 0 Å². The third-order valence-corrected chi connectivity index (χ3v) is 2.73. The maximum absolute atomic E-state index is 8.78. The van der Waals surface area contributed by atoms with Crippen LogP contribution in [-0.2, 0) is 6.61 Å². The monoisotopic (exact) mass is 253 g/mol. The molecule has 0 fully saturated rings. The first-order valence-corrected chi connectivity index (χ1v) is 6.02. The Morgan fingerprint density at radius 1 is 1.37 bits per heavy atom. The van der Waals surface area contributed by atoms with Crippen LogP contribution in [0.4, 0.5) is 0 Å². The van der Waals surface area contributed by atoms with E-state index in [0.717, 1.165) is 16.9 Å². The predicted octanol–water partition coefficient (Wildman–Crippen LogP) is 2.55. The smallest absolute Gasteiger partial charge is 0.140 e. The molecule has 1 aromatic heterocycles. The molecule has 19 heavy (non-hydrogen) atoms. The first kappa shape index (κ1) is 13.1. The van der Waals surface area contributed by atoms with E-state index in [4.69, 9.17) is 15.7 Å². The molecule has 4 heteroatoms. The van der Waals surface area contributed by atoms with Gasteiger partial charge in [-0.1, -0.05) is 12.1 Å². The molecule has 0 aliphatic rings. The minimum atomic E-state index is -0.0188. The van der Waals surface area contributed by atoms with Crippen LogP contribution in [0, 0.1) is 11.3 Å². The van der Waals surface area contributed by atoms with Crippen LogP contribution >= 0.6 is 0 Å². The highest BCUT2D eigenvalue weighted by Gasteiger charge is 2.02. The fourth-order valence-electron chi connectivity index (χ4n) is 1.68. The van der Waals surface area contributed by atoms with Crippen molar-refractivity contribution in [1.82, 2.24) is 4.98 Å². The number of rotatable bonds is 4. The van der Waals surface area contributed by atoms with Gasteiger partial charge in [0, 0.05) is 12.2 Å². The maximum atomic E-state index is 8.78. The third-order valence-electron chi connectivity index (χ3n) is 2.73. The molecular weight excluding hydrogens is 238 g/mol. The minimum absolute atomic E-state index is 0.0188. The number of nitrogens with zero attached hydrogens (tertiary/aromatic N) is 2. The van der Waals surface area contributed by atoms with Gasteiger partial charge < -0.3 is 10.5 Å². The second-order valence-corrected chi connectivity index (χ2v) is 4.31. The van der Waals surface area contributed by atoms with Gasteiger partial charge in [-0.05, 0) is 42.3 Å². The van der Waals surface area contributed by atoms with Gasteiger partial charge in [0.25, 0.3) is 0 Å². The van der Waals surface area contributed by atoms with Gasteiger partial charge in [-0.25, -0.2) is 4.98 Å². The zero-order valence-electron chi connectivity index (χ0n) is 10.7. The molecule has 0 spiro atoms. The van der Waals surface area contributed by atoms with E-state index in [1.807, 2.05) is 43.3 Å². The van der Waals surface area contributed by atoms with Crippen LogP contribution in [0.15, 0.2) is 42.6 Å². The average Bonchev–Trinajstić information content (AvgIpc) is 2.45. The number of nitrogens with two attached hydrogens (primary N) is 1. The highest BCUT2D eigenvalue weighted by Crippen LogP contribution is 2.18. The molecule has 0 saturated heterocycles. The normalized spacial score (nSPS) is 11.6. The van der Waals surface area contributed by atoms with E-state index in [0.29, 0.717) is 12.3 Å². The molecule has 0 bridgehead atoms. The summed E-state index contributed by atoms with van der Waals surface area (Å²) in [6, 6.07) is 13.2. The highest BCUT2D eigenvalue weighted by molar-refractivity contribution is 5.31. The lowest BCUT2D eigenvalue weighted by atomic mass is 10.1. The van der Waals surface area contributed by atoms with Gasteiger partial charge in [-0.3, -0.25) is 0 Å². The van der Waals surface area contributed by atoms with E-state index in [1.165, 1.54) is 0 Å². The lowest BCUT2D eigenvalue weighted by Crippen LogP contribution is -2.05. The molecule has 0 radical (unpaired) electrons. The number of nitriles is 1. The Balaban J connectivity index is 2.06. The summed E-state index contributed by atoms with van der Waals surface area (Å²) >= 11 is 0. The van der Waals surface area contributed by atoms with Crippen LogP contribution in [-0.4, -0.2) is 4.98 Å². The molecule has 96 valence electrons. The van der Waals surface area contributed by atoms with Gasteiger partial charge in [0.05, 0.1) is 0 Å². The Hall–Kier alpha value is -2.38. The van der Waals surface area contributed by atoms with Crippen molar-refractivity contribution in [2.24, 2.45) is 5.73 Å². The number of hydrogen-bond acceptors (Lipinski definition) is 4. The summed E-state index contributed by atoms with van der Waals surface area (Å²) in [6.45, 7) is 2.33. The number of hydrogen-bond donors (Lipinski definition) is 1. The minimum Gasteiger partial charge on any atom is -0.489 e. The molecule has 0 amide bonds. The van der Waals surface area contributed by atoms with Crippen molar-refractivity contribution < 1.29 is 4.74 Å². The third kappa shape index (κ3) is 3.54. The fraction of sp³-hybridized carbons (Fsp3) is 0.200. The average molecular weight is 253 g/mol. The topological polar surface area (TPSA) is 71.9 Å². The van der Waals surface area contributed by atoms with Crippen LogP contribution in [0.3, 0.4) is 0 Å². The van der Waals surface area contributed by atoms with Crippen LogP contribution in [0.25, 0.3) is 0 Å². The van der Waals surface area contributed by atoms with Crippen molar-refractivity contribution in [1.29, 1.82) is 5.26 Å². The predicted molar refractivity (Wildman–Crippen MR) is 72.3 cm³/mol. The highest BCUT2D eigenvalue weighted by atomic mass is 16.5. The molecule has 0 aliphatic carbocycles. The summed E-state index contributed by atoms with van der Waals surface area (Å²) in [6.07, 6.45) is 1.61. The molecule has 1 heterocycles. The summed E-state index contributed by atoms with van der Waals surface area (Å²) in [7, 11) is 0. The van der Waals surface area contributed by atoms with E-state index in [2.05, 4.69) is 4.98 Å². The number of benzene rings is 1. The van der Waals surface area contributed by atoms with Gasteiger partial charge in [0.1, 0.15) is 24.1 Å². The zero-order valence-corrected chi connectivity index (χ0v) is 10.7. The summed E-state index contributed by atoms with van der Waals surface area (Å²) in [4.78, 5) is 3.92. The molecule has 4 nitrogen and oxygen atoms in total. The molecule has 0 aliphatic heterocycles. The van der Waals surface area contributed by atoms with E-state index in [-0.39, 0.29) is 6.04 Å². The second-order valence-electron chi connectivity index (χ2n) is 4.31. The van der Waals surface area contributed by atoms with Gasteiger partial charge in [0.15, 0.2) is 0 Å². The molecule has 1 atom stereocenters. The molecule has 1 unspecified atom stereocenters. The Morgan fingerprint density at radius 3 is 2.95 bits per heavy atom. The van der Waals surface area contributed by atoms with Gasteiger partial charge in [-0.2, -0.15) is 5.26 Å². The van der Waals surface area contributed by atoms with Crippen molar-refractivity contribution >= 4 is 0 Å². The van der Waals surface area contributed by atoms with Crippen LogP contribution < -0.4 is 10.5 Å². The van der Waals surface area contributed by atoms with Crippen molar-refractivity contribution in [3.8, 4) is 11.8 Å². The van der Waals surface area contributed by atoms with E-state index >= 15 is 0 Å².